The van der Waals surface area contributed by atoms with Gasteiger partial charge < -0.3 is 0 Å². The van der Waals surface area contributed by atoms with Gasteiger partial charge in [0.15, 0.2) is 5.67 Å². The Bertz CT molecular complexity index is 248. The van der Waals surface area contributed by atoms with Crippen molar-refractivity contribution in [2.75, 3.05) is 0 Å². The molecule has 0 spiro atoms. The van der Waals surface area contributed by atoms with Gasteiger partial charge in [0.1, 0.15) is 0 Å². The fourth-order valence-electron chi connectivity index (χ4n) is 1.14. The monoisotopic (exact) mass is 218 g/mol. The first-order valence-electron chi connectivity index (χ1n) is 3.79. The van der Waals surface area contributed by atoms with E-state index in [1.54, 1.807) is 0 Å². The molecule has 0 nitrogen and oxygen atoms in total. The van der Waals surface area contributed by atoms with Crippen molar-refractivity contribution in [3.8, 4) is 0 Å². The van der Waals surface area contributed by atoms with E-state index in [-0.39, 0.29) is 19.1 Å². The lowest BCUT2D eigenvalue weighted by atomic mass is 9.76. The van der Waals surface area contributed by atoms with Gasteiger partial charge in [-0.1, -0.05) is 0 Å². The molecule has 0 heterocycles. The smallest absolute Gasteiger partial charge is 0.236 e. The van der Waals surface area contributed by atoms with E-state index in [4.69, 9.17) is 0 Å². The summed E-state index contributed by atoms with van der Waals surface area (Å²) in [5.74, 6) is -9.72. The van der Waals surface area contributed by atoms with Crippen molar-refractivity contribution in [3.05, 3.63) is 12.2 Å². The lowest BCUT2D eigenvalue weighted by molar-refractivity contribution is -0.277. The summed E-state index contributed by atoms with van der Waals surface area (Å²) in [5, 5.41) is 0. The van der Waals surface area contributed by atoms with Crippen LogP contribution in [0.25, 0.3) is 0 Å². The minimum Gasteiger partial charge on any atom is -0.236 e. The van der Waals surface area contributed by atoms with Gasteiger partial charge in [-0.3, -0.25) is 0 Å². The van der Waals surface area contributed by atoms with Crippen LogP contribution in [0.4, 0.5) is 26.3 Å². The Balaban J connectivity index is 3.36. The zero-order valence-corrected chi connectivity index (χ0v) is 7.42. The van der Waals surface area contributed by atoms with Crippen molar-refractivity contribution < 1.29 is 26.3 Å². The molecule has 0 aromatic rings. The number of rotatable bonds is 0. The second kappa shape index (κ2) is 2.46. The third-order valence-electron chi connectivity index (χ3n) is 2.53. The van der Waals surface area contributed by atoms with Crippen molar-refractivity contribution >= 4 is 0 Å². The summed E-state index contributed by atoms with van der Waals surface area (Å²) in [6.45, 7) is 0.622. The average molecular weight is 218 g/mol. The van der Waals surface area contributed by atoms with Gasteiger partial charge in [0, 0.05) is 0 Å². The van der Waals surface area contributed by atoms with Crippen LogP contribution in [0.15, 0.2) is 12.2 Å². The molecule has 0 bridgehead atoms. The van der Waals surface area contributed by atoms with E-state index in [0.717, 1.165) is 0 Å². The first kappa shape index (κ1) is 11.4. The SMILES string of the molecule is CC1(F)C=CC(F)(F)C(F)(F)C1(C)F. The normalized spacial score (nSPS) is 45.1. The summed E-state index contributed by atoms with van der Waals surface area (Å²) in [7, 11) is 0. The minimum absolute atomic E-state index is 0.129. The predicted molar refractivity (Wildman–Crippen MR) is 38.1 cm³/mol. The number of alkyl halides is 6. The maximum absolute atomic E-state index is 13.3. The van der Waals surface area contributed by atoms with Crippen LogP contribution in [-0.4, -0.2) is 23.2 Å². The van der Waals surface area contributed by atoms with Crippen LogP contribution in [0.5, 0.6) is 0 Å². The molecule has 14 heavy (non-hydrogen) atoms. The molecule has 0 radical (unpaired) electrons. The molecule has 0 aromatic heterocycles. The molecule has 2 atom stereocenters. The zero-order chi connectivity index (χ0) is 11.4. The van der Waals surface area contributed by atoms with Gasteiger partial charge >= 0.3 is 11.8 Å². The van der Waals surface area contributed by atoms with Crippen LogP contribution >= 0.6 is 0 Å². The maximum atomic E-state index is 13.3. The van der Waals surface area contributed by atoms with E-state index in [1.165, 1.54) is 0 Å². The molecule has 0 saturated carbocycles. The molecule has 82 valence electrons. The summed E-state index contributed by atoms with van der Waals surface area (Å²) in [6.07, 6.45) is -0.168. The van der Waals surface area contributed by atoms with Crippen LogP contribution in [0.1, 0.15) is 13.8 Å². The van der Waals surface area contributed by atoms with E-state index in [0.29, 0.717) is 6.92 Å². The molecule has 6 heteroatoms. The highest BCUT2D eigenvalue weighted by Crippen LogP contribution is 2.54. The summed E-state index contributed by atoms with van der Waals surface area (Å²) in [5.41, 5.74) is -7.05. The molecule has 2 unspecified atom stereocenters. The maximum Gasteiger partial charge on any atom is 0.350 e. The van der Waals surface area contributed by atoms with E-state index < -0.39 is 23.2 Å². The number of halogens is 6. The topological polar surface area (TPSA) is 0 Å². The van der Waals surface area contributed by atoms with Crippen molar-refractivity contribution in [2.24, 2.45) is 0 Å². The second-order valence-corrected chi connectivity index (χ2v) is 3.61. The summed E-state index contributed by atoms with van der Waals surface area (Å²) < 4.78 is 77.3. The molecule has 1 aliphatic carbocycles. The van der Waals surface area contributed by atoms with Crippen LogP contribution < -0.4 is 0 Å². The Labute approximate surface area is 76.6 Å². The van der Waals surface area contributed by atoms with Gasteiger partial charge in [0.05, 0.1) is 0 Å². The van der Waals surface area contributed by atoms with Gasteiger partial charge in [-0.05, 0) is 26.0 Å². The zero-order valence-electron chi connectivity index (χ0n) is 7.42. The Morgan fingerprint density at radius 1 is 0.786 bits per heavy atom. The fraction of sp³-hybridized carbons (Fsp3) is 0.750. The fourth-order valence-corrected chi connectivity index (χ4v) is 1.14. The highest BCUT2D eigenvalue weighted by molar-refractivity contribution is 5.27. The van der Waals surface area contributed by atoms with Crippen LogP contribution in [0.3, 0.4) is 0 Å². The first-order chi connectivity index (χ1) is 5.96. The largest absolute Gasteiger partial charge is 0.350 e. The van der Waals surface area contributed by atoms with Crippen molar-refractivity contribution in [1.82, 2.24) is 0 Å². The van der Waals surface area contributed by atoms with Gasteiger partial charge in [-0.15, -0.1) is 0 Å². The van der Waals surface area contributed by atoms with Gasteiger partial charge in [0.2, 0.25) is 5.67 Å². The lowest BCUT2D eigenvalue weighted by Gasteiger charge is -2.43. The lowest BCUT2D eigenvalue weighted by Crippen LogP contribution is -2.64. The quantitative estimate of drug-likeness (QED) is 0.432. The second-order valence-electron chi connectivity index (χ2n) is 3.61. The van der Waals surface area contributed by atoms with Crippen LogP contribution in [0.2, 0.25) is 0 Å². The molecule has 0 aliphatic heterocycles. The molecular formula is C8H8F6. The Hall–Kier alpha value is -0.680. The van der Waals surface area contributed by atoms with Crippen LogP contribution in [-0.2, 0) is 0 Å². The van der Waals surface area contributed by atoms with Crippen LogP contribution in [0, 0.1) is 0 Å². The summed E-state index contributed by atoms with van der Waals surface area (Å²) in [6, 6.07) is 0. The number of hydrogen-bond donors (Lipinski definition) is 0. The third-order valence-corrected chi connectivity index (χ3v) is 2.53. The highest BCUT2D eigenvalue weighted by Gasteiger charge is 2.75. The molecule has 1 aliphatic rings. The molecule has 0 amide bonds. The van der Waals surface area contributed by atoms with Crippen molar-refractivity contribution in [2.45, 2.75) is 37.0 Å². The van der Waals surface area contributed by atoms with E-state index in [9.17, 15) is 26.3 Å². The highest BCUT2D eigenvalue weighted by atomic mass is 19.3. The molecule has 0 fully saturated rings. The molecular weight excluding hydrogens is 210 g/mol. The molecule has 1 rings (SSSR count). The van der Waals surface area contributed by atoms with Crippen molar-refractivity contribution in [1.29, 1.82) is 0 Å². The first-order valence-corrected chi connectivity index (χ1v) is 3.79. The van der Waals surface area contributed by atoms with Gasteiger partial charge in [-0.2, -0.15) is 17.6 Å². The molecule has 0 N–H and O–H groups in total. The minimum atomic E-state index is -5.06. The molecule has 0 aromatic carbocycles. The van der Waals surface area contributed by atoms with E-state index in [1.807, 2.05) is 0 Å². The predicted octanol–water partition coefficient (Wildman–Crippen LogP) is 3.28. The Kier molecular flexibility index (Phi) is 2.00. The van der Waals surface area contributed by atoms with Gasteiger partial charge in [-0.25, -0.2) is 8.78 Å². The standard InChI is InChI=1S/C8H8F6/c1-5(9)3-4-7(11,12)8(13,14)6(5,2)10/h3-4H,1-2H3. The van der Waals surface area contributed by atoms with E-state index in [2.05, 4.69) is 0 Å². The van der Waals surface area contributed by atoms with E-state index >= 15 is 0 Å². The summed E-state index contributed by atoms with van der Waals surface area (Å²) >= 11 is 0. The van der Waals surface area contributed by atoms with Gasteiger partial charge in [0.25, 0.3) is 0 Å². The average Bonchev–Trinajstić information content (AvgIpc) is 1.98. The Morgan fingerprint density at radius 3 is 1.57 bits per heavy atom. The number of hydrogen-bond acceptors (Lipinski definition) is 0. The summed E-state index contributed by atoms with van der Waals surface area (Å²) in [4.78, 5) is 0. The molecule has 0 saturated heterocycles. The Morgan fingerprint density at radius 2 is 1.21 bits per heavy atom. The third kappa shape index (κ3) is 1.09. The number of allylic oxidation sites excluding steroid dienone is 2. The van der Waals surface area contributed by atoms with Crippen molar-refractivity contribution in [3.63, 3.8) is 0 Å².